The van der Waals surface area contributed by atoms with Gasteiger partial charge in [-0.3, -0.25) is 14.8 Å². The van der Waals surface area contributed by atoms with Crippen LogP contribution < -0.4 is 0 Å². The van der Waals surface area contributed by atoms with Crippen LogP contribution in [0.15, 0.2) is 79.4 Å². The SMILES string of the molecule is C=C(c1cccc([N+](=O)[O-])c1)c1ccc2c(/C=C/c3ccccc3)nn(C)c2c1. The largest absolute Gasteiger partial charge is 0.270 e. The van der Waals surface area contributed by atoms with E-state index in [1.54, 1.807) is 12.1 Å². The second-order valence-electron chi connectivity index (χ2n) is 6.77. The van der Waals surface area contributed by atoms with Crippen molar-refractivity contribution in [3.05, 3.63) is 112 Å². The molecule has 0 atom stereocenters. The maximum atomic E-state index is 11.1. The highest BCUT2D eigenvalue weighted by atomic mass is 16.6. The van der Waals surface area contributed by atoms with Crippen molar-refractivity contribution in [3.8, 4) is 0 Å². The molecule has 0 saturated heterocycles. The average Bonchev–Trinajstić information content (AvgIpc) is 3.07. The van der Waals surface area contributed by atoms with Crippen LogP contribution >= 0.6 is 0 Å². The molecule has 0 radical (unpaired) electrons. The summed E-state index contributed by atoms with van der Waals surface area (Å²) in [7, 11) is 1.90. The fourth-order valence-electron chi connectivity index (χ4n) is 3.31. The van der Waals surface area contributed by atoms with E-state index < -0.39 is 4.92 Å². The number of non-ortho nitro benzene ring substituents is 1. The Balaban J connectivity index is 1.69. The van der Waals surface area contributed by atoms with E-state index in [-0.39, 0.29) is 5.69 Å². The molecular formula is C24H19N3O2. The minimum absolute atomic E-state index is 0.0543. The minimum Gasteiger partial charge on any atom is -0.267 e. The summed E-state index contributed by atoms with van der Waals surface area (Å²) < 4.78 is 1.84. The van der Waals surface area contributed by atoms with Crippen molar-refractivity contribution in [2.24, 2.45) is 7.05 Å². The monoisotopic (exact) mass is 381 g/mol. The van der Waals surface area contributed by atoms with Crippen LogP contribution in [0.25, 0.3) is 28.6 Å². The number of hydrogen-bond donors (Lipinski definition) is 0. The van der Waals surface area contributed by atoms with Crippen LogP contribution in [0.5, 0.6) is 0 Å². The Bertz CT molecular complexity index is 1250. The molecule has 4 rings (SSSR count). The van der Waals surface area contributed by atoms with Gasteiger partial charge in [-0.25, -0.2) is 0 Å². The average molecular weight is 381 g/mol. The molecule has 0 bridgehead atoms. The molecule has 0 aliphatic carbocycles. The molecular weight excluding hydrogens is 362 g/mol. The summed E-state index contributed by atoms with van der Waals surface area (Å²) in [5.41, 5.74) is 5.39. The maximum absolute atomic E-state index is 11.1. The van der Waals surface area contributed by atoms with E-state index in [1.807, 2.05) is 78.5 Å². The molecule has 0 N–H and O–H groups in total. The van der Waals surface area contributed by atoms with Gasteiger partial charge in [0.25, 0.3) is 5.69 Å². The van der Waals surface area contributed by atoms with Gasteiger partial charge in [-0.15, -0.1) is 0 Å². The number of nitro groups is 1. The van der Waals surface area contributed by atoms with Gasteiger partial charge in [0, 0.05) is 24.6 Å². The highest BCUT2D eigenvalue weighted by molar-refractivity contribution is 5.93. The third kappa shape index (κ3) is 3.71. The number of aromatic nitrogens is 2. The van der Waals surface area contributed by atoms with Crippen LogP contribution in [0.4, 0.5) is 5.69 Å². The van der Waals surface area contributed by atoms with Crippen molar-refractivity contribution in [2.75, 3.05) is 0 Å². The van der Waals surface area contributed by atoms with Gasteiger partial charge in [0.1, 0.15) is 0 Å². The normalized spacial score (nSPS) is 11.2. The third-order valence-electron chi connectivity index (χ3n) is 4.87. The van der Waals surface area contributed by atoms with Crippen molar-refractivity contribution < 1.29 is 4.92 Å². The fraction of sp³-hybridized carbons (Fsp3) is 0.0417. The van der Waals surface area contributed by atoms with E-state index in [9.17, 15) is 10.1 Å². The van der Waals surface area contributed by atoms with Gasteiger partial charge in [-0.05, 0) is 40.5 Å². The molecule has 0 unspecified atom stereocenters. The van der Waals surface area contributed by atoms with Gasteiger partial charge in [-0.1, -0.05) is 61.2 Å². The predicted octanol–water partition coefficient (Wildman–Crippen LogP) is 5.71. The first-order chi connectivity index (χ1) is 14.0. The Kier molecular flexibility index (Phi) is 4.79. The number of nitrogens with zero attached hydrogens (tertiary/aromatic N) is 3. The van der Waals surface area contributed by atoms with Crippen molar-refractivity contribution in [1.82, 2.24) is 9.78 Å². The van der Waals surface area contributed by atoms with E-state index in [0.717, 1.165) is 38.9 Å². The lowest BCUT2D eigenvalue weighted by Gasteiger charge is -2.07. The number of rotatable bonds is 5. The fourth-order valence-corrected chi connectivity index (χ4v) is 3.31. The second-order valence-corrected chi connectivity index (χ2v) is 6.77. The molecule has 4 aromatic rings. The summed E-state index contributed by atoms with van der Waals surface area (Å²) in [6.45, 7) is 4.15. The Labute approximate surface area is 168 Å². The molecule has 0 saturated carbocycles. The van der Waals surface area contributed by atoms with Crippen LogP contribution in [-0.4, -0.2) is 14.7 Å². The summed E-state index contributed by atoms with van der Waals surface area (Å²) in [5.74, 6) is 0. The highest BCUT2D eigenvalue weighted by Gasteiger charge is 2.12. The van der Waals surface area contributed by atoms with Gasteiger partial charge in [0.15, 0.2) is 0 Å². The standard InChI is InChI=1S/C24H19N3O2/c1-17(19-9-6-10-21(15-19)27(28)29)20-12-13-22-23(25-26(2)24(22)16-20)14-11-18-7-4-3-5-8-18/h3-16H,1H2,2H3/b14-11+. The lowest BCUT2D eigenvalue weighted by atomic mass is 9.98. The van der Waals surface area contributed by atoms with E-state index >= 15 is 0 Å². The Morgan fingerprint density at radius 1 is 1.00 bits per heavy atom. The molecule has 0 spiro atoms. The quantitative estimate of drug-likeness (QED) is 0.328. The lowest BCUT2D eigenvalue weighted by Crippen LogP contribution is -1.93. The van der Waals surface area contributed by atoms with Crippen molar-refractivity contribution in [3.63, 3.8) is 0 Å². The van der Waals surface area contributed by atoms with Gasteiger partial charge in [0.05, 0.1) is 16.1 Å². The van der Waals surface area contributed by atoms with Gasteiger partial charge >= 0.3 is 0 Å². The topological polar surface area (TPSA) is 61.0 Å². The van der Waals surface area contributed by atoms with Crippen LogP contribution in [-0.2, 0) is 7.05 Å². The molecule has 1 aromatic heterocycles. The lowest BCUT2D eigenvalue weighted by molar-refractivity contribution is -0.384. The molecule has 0 aliphatic rings. The van der Waals surface area contributed by atoms with E-state index in [4.69, 9.17) is 0 Å². The number of aryl methyl sites for hydroxylation is 1. The van der Waals surface area contributed by atoms with Crippen molar-refractivity contribution >= 4 is 34.3 Å². The van der Waals surface area contributed by atoms with Gasteiger partial charge in [-0.2, -0.15) is 5.10 Å². The van der Waals surface area contributed by atoms with E-state index in [1.165, 1.54) is 6.07 Å². The first-order valence-corrected chi connectivity index (χ1v) is 9.17. The zero-order valence-corrected chi connectivity index (χ0v) is 15.9. The Hall–Kier alpha value is -3.99. The molecule has 5 heteroatoms. The smallest absolute Gasteiger partial charge is 0.267 e. The maximum Gasteiger partial charge on any atom is 0.270 e. The van der Waals surface area contributed by atoms with Gasteiger partial charge in [0.2, 0.25) is 0 Å². The minimum atomic E-state index is -0.396. The molecule has 0 aliphatic heterocycles. The summed E-state index contributed by atoms with van der Waals surface area (Å²) in [4.78, 5) is 10.7. The van der Waals surface area contributed by atoms with Crippen LogP contribution in [0.1, 0.15) is 22.4 Å². The Morgan fingerprint density at radius 3 is 2.52 bits per heavy atom. The highest BCUT2D eigenvalue weighted by Crippen LogP contribution is 2.29. The molecule has 0 fully saturated rings. The van der Waals surface area contributed by atoms with E-state index in [0.29, 0.717) is 0 Å². The first-order valence-electron chi connectivity index (χ1n) is 9.17. The van der Waals surface area contributed by atoms with E-state index in [2.05, 4.69) is 11.7 Å². The van der Waals surface area contributed by atoms with Crippen LogP contribution in [0.2, 0.25) is 0 Å². The van der Waals surface area contributed by atoms with Crippen molar-refractivity contribution in [2.45, 2.75) is 0 Å². The summed E-state index contributed by atoms with van der Waals surface area (Å²) >= 11 is 0. The zero-order valence-electron chi connectivity index (χ0n) is 15.9. The van der Waals surface area contributed by atoms with Crippen LogP contribution in [0.3, 0.4) is 0 Å². The molecule has 5 nitrogen and oxygen atoms in total. The summed E-state index contributed by atoms with van der Waals surface area (Å²) in [6.07, 6.45) is 4.05. The predicted molar refractivity (Wildman–Crippen MR) is 117 cm³/mol. The number of fused-ring (bicyclic) bond motifs is 1. The number of hydrogen-bond acceptors (Lipinski definition) is 3. The second kappa shape index (κ2) is 7.56. The number of benzene rings is 3. The first kappa shape index (κ1) is 18.4. The molecule has 29 heavy (non-hydrogen) atoms. The summed E-state index contributed by atoms with van der Waals surface area (Å²) in [5, 5.41) is 16.7. The molecule has 1 heterocycles. The Morgan fingerprint density at radius 2 is 1.76 bits per heavy atom. The zero-order chi connectivity index (χ0) is 20.4. The summed E-state index contributed by atoms with van der Waals surface area (Å²) in [6, 6.07) is 22.6. The third-order valence-corrected chi connectivity index (χ3v) is 4.87. The molecule has 3 aromatic carbocycles. The number of nitro benzene ring substituents is 1. The van der Waals surface area contributed by atoms with Crippen LogP contribution in [0, 0.1) is 10.1 Å². The molecule has 142 valence electrons. The molecule has 0 amide bonds. The van der Waals surface area contributed by atoms with Crippen molar-refractivity contribution in [1.29, 1.82) is 0 Å². The van der Waals surface area contributed by atoms with Gasteiger partial charge < -0.3 is 0 Å².